The fourth-order valence-corrected chi connectivity index (χ4v) is 3.27. The van der Waals surface area contributed by atoms with E-state index in [9.17, 15) is 14.7 Å². The maximum Gasteiger partial charge on any atom is 0.257 e. The topological polar surface area (TPSA) is 91.3 Å². The van der Waals surface area contributed by atoms with E-state index in [1.807, 2.05) is 44.2 Å². The Morgan fingerprint density at radius 2 is 1.74 bits per heavy atom. The largest absolute Gasteiger partial charge is 0.394 e. The smallest absolute Gasteiger partial charge is 0.257 e. The third-order valence-corrected chi connectivity index (χ3v) is 5.05. The van der Waals surface area contributed by atoms with Crippen molar-refractivity contribution in [3.05, 3.63) is 83.7 Å². The van der Waals surface area contributed by atoms with Crippen LogP contribution in [0.2, 0.25) is 0 Å². The number of anilines is 1. The zero-order valence-electron chi connectivity index (χ0n) is 17.8. The number of nitrogens with zero attached hydrogens (tertiary/aromatic N) is 1. The minimum atomic E-state index is -0.301. The monoisotopic (exact) mass is 417 g/mol. The first-order valence-electron chi connectivity index (χ1n) is 10.4. The van der Waals surface area contributed by atoms with Gasteiger partial charge < -0.3 is 15.7 Å². The third-order valence-electron chi connectivity index (χ3n) is 5.05. The number of pyridine rings is 1. The van der Waals surface area contributed by atoms with Crippen LogP contribution >= 0.6 is 0 Å². The van der Waals surface area contributed by atoms with Gasteiger partial charge in [0.25, 0.3) is 11.8 Å². The van der Waals surface area contributed by atoms with Crippen molar-refractivity contribution >= 4 is 17.5 Å². The molecule has 0 saturated heterocycles. The molecule has 3 rings (SSSR count). The number of benzene rings is 2. The zero-order chi connectivity index (χ0) is 22.2. The number of aliphatic hydroxyl groups is 1. The summed E-state index contributed by atoms with van der Waals surface area (Å²) >= 11 is 0. The molecule has 0 aliphatic carbocycles. The first kappa shape index (κ1) is 22.2. The molecule has 31 heavy (non-hydrogen) atoms. The minimum absolute atomic E-state index is 0.111. The Kier molecular flexibility index (Phi) is 7.51. The van der Waals surface area contributed by atoms with Crippen LogP contribution in [-0.4, -0.2) is 34.6 Å². The molecule has 2 aromatic carbocycles. The second kappa shape index (κ2) is 10.5. The average molecular weight is 418 g/mol. The van der Waals surface area contributed by atoms with Crippen molar-refractivity contribution < 1.29 is 14.7 Å². The Hall–Kier alpha value is -3.51. The minimum Gasteiger partial charge on any atom is -0.394 e. The number of aromatic nitrogens is 1. The van der Waals surface area contributed by atoms with E-state index in [2.05, 4.69) is 15.6 Å². The summed E-state index contributed by atoms with van der Waals surface area (Å²) in [6.45, 7) is 3.75. The molecule has 1 atom stereocenters. The molecule has 3 aromatic rings. The van der Waals surface area contributed by atoms with Crippen LogP contribution in [0.5, 0.6) is 0 Å². The van der Waals surface area contributed by atoms with Crippen LogP contribution in [0.15, 0.2) is 67.0 Å². The van der Waals surface area contributed by atoms with E-state index in [0.29, 0.717) is 23.2 Å². The quantitative estimate of drug-likeness (QED) is 0.512. The predicted octanol–water partition coefficient (Wildman–Crippen LogP) is 4.20. The SMILES string of the molecule is CCCC(CO)NC(=O)c1ccc(C)c(NC(=O)c2cncc(-c3ccccc3)c2)c1. The van der Waals surface area contributed by atoms with Crippen molar-refractivity contribution in [2.24, 2.45) is 0 Å². The van der Waals surface area contributed by atoms with Gasteiger partial charge in [0.15, 0.2) is 0 Å². The molecule has 0 radical (unpaired) electrons. The summed E-state index contributed by atoms with van der Waals surface area (Å²) in [6.07, 6.45) is 4.79. The molecule has 0 aliphatic heterocycles. The Morgan fingerprint density at radius 1 is 0.968 bits per heavy atom. The van der Waals surface area contributed by atoms with Gasteiger partial charge in [0.05, 0.1) is 18.2 Å². The standard InChI is InChI=1S/C25H27N3O3/c1-3-7-22(16-29)27-24(30)19-11-10-17(2)23(13-19)28-25(31)21-12-20(14-26-15-21)18-8-5-4-6-9-18/h4-6,8-15,22,29H,3,7,16H2,1-2H3,(H,27,30)(H,28,31). The van der Waals surface area contributed by atoms with Gasteiger partial charge in [-0.15, -0.1) is 0 Å². The molecular formula is C25H27N3O3. The van der Waals surface area contributed by atoms with Crippen LogP contribution in [-0.2, 0) is 0 Å². The normalized spacial score (nSPS) is 11.6. The number of nitrogens with one attached hydrogen (secondary N) is 2. The molecule has 0 aliphatic rings. The highest BCUT2D eigenvalue weighted by atomic mass is 16.3. The Morgan fingerprint density at radius 3 is 2.45 bits per heavy atom. The lowest BCUT2D eigenvalue weighted by atomic mass is 10.1. The maximum absolute atomic E-state index is 12.9. The summed E-state index contributed by atoms with van der Waals surface area (Å²) in [4.78, 5) is 29.6. The van der Waals surface area contributed by atoms with Crippen molar-refractivity contribution in [2.75, 3.05) is 11.9 Å². The van der Waals surface area contributed by atoms with E-state index in [4.69, 9.17) is 0 Å². The third kappa shape index (κ3) is 5.77. The van der Waals surface area contributed by atoms with Gasteiger partial charge in [0, 0.05) is 29.2 Å². The molecule has 1 unspecified atom stereocenters. The van der Waals surface area contributed by atoms with Gasteiger partial charge in [-0.25, -0.2) is 0 Å². The number of aliphatic hydroxyl groups excluding tert-OH is 1. The Bertz CT molecular complexity index is 1050. The van der Waals surface area contributed by atoms with Crippen molar-refractivity contribution in [1.29, 1.82) is 0 Å². The summed E-state index contributed by atoms with van der Waals surface area (Å²) in [5.41, 5.74) is 4.07. The molecule has 1 heterocycles. The molecule has 1 aromatic heterocycles. The van der Waals surface area contributed by atoms with E-state index in [1.165, 1.54) is 6.20 Å². The number of aryl methyl sites for hydroxylation is 1. The zero-order valence-corrected chi connectivity index (χ0v) is 17.8. The summed E-state index contributed by atoms with van der Waals surface area (Å²) in [7, 11) is 0. The lowest BCUT2D eigenvalue weighted by Gasteiger charge is -2.16. The highest BCUT2D eigenvalue weighted by molar-refractivity contribution is 6.06. The van der Waals surface area contributed by atoms with Crippen molar-refractivity contribution in [3.8, 4) is 11.1 Å². The van der Waals surface area contributed by atoms with Crippen LogP contribution in [0.4, 0.5) is 5.69 Å². The second-order valence-corrected chi connectivity index (χ2v) is 7.45. The fraction of sp³-hybridized carbons (Fsp3) is 0.240. The van der Waals surface area contributed by atoms with E-state index in [0.717, 1.165) is 23.1 Å². The molecule has 2 amide bonds. The van der Waals surface area contributed by atoms with Gasteiger partial charge in [-0.3, -0.25) is 14.6 Å². The molecule has 0 saturated carbocycles. The van der Waals surface area contributed by atoms with Gasteiger partial charge >= 0.3 is 0 Å². The summed E-state index contributed by atoms with van der Waals surface area (Å²) in [5.74, 6) is -0.583. The molecule has 6 nitrogen and oxygen atoms in total. The van der Waals surface area contributed by atoms with Gasteiger partial charge in [-0.05, 0) is 42.7 Å². The van der Waals surface area contributed by atoms with E-state index < -0.39 is 0 Å². The number of hydrogen-bond donors (Lipinski definition) is 3. The van der Waals surface area contributed by atoms with Crippen molar-refractivity contribution in [3.63, 3.8) is 0 Å². The molecular weight excluding hydrogens is 390 g/mol. The number of carbonyl (C=O) groups is 2. The van der Waals surface area contributed by atoms with Crippen LogP contribution in [0.1, 0.15) is 46.0 Å². The highest BCUT2D eigenvalue weighted by Crippen LogP contribution is 2.21. The molecule has 3 N–H and O–H groups in total. The summed E-state index contributed by atoms with van der Waals surface area (Å²) in [6, 6.07) is 16.4. The highest BCUT2D eigenvalue weighted by Gasteiger charge is 2.15. The van der Waals surface area contributed by atoms with Gasteiger partial charge in [0.2, 0.25) is 0 Å². The maximum atomic E-state index is 12.9. The molecule has 0 spiro atoms. The van der Waals surface area contributed by atoms with E-state index in [-0.39, 0.29) is 24.5 Å². The van der Waals surface area contributed by atoms with Gasteiger partial charge in [-0.1, -0.05) is 49.7 Å². The van der Waals surface area contributed by atoms with E-state index >= 15 is 0 Å². The van der Waals surface area contributed by atoms with Crippen molar-refractivity contribution in [1.82, 2.24) is 10.3 Å². The molecule has 6 heteroatoms. The number of rotatable bonds is 8. The van der Waals surface area contributed by atoms with Crippen LogP contribution < -0.4 is 10.6 Å². The van der Waals surface area contributed by atoms with Gasteiger partial charge in [-0.2, -0.15) is 0 Å². The number of hydrogen-bond acceptors (Lipinski definition) is 4. The first-order chi connectivity index (χ1) is 15.0. The molecule has 160 valence electrons. The van der Waals surface area contributed by atoms with Crippen LogP contribution in [0.3, 0.4) is 0 Å². The summed E-state index contributed by atoms with van der Waals surface area (Å²) < 4.78 is 0. The van der Waals surface area contributed by atoms with Crippen LogP contribution in [0.25, 0.3) is 11.1 Å². The number of carbonyl (C=O) groups excluding carboxylic acids is 2. The predicted molar refractivity (Wildman–Crippen MR) is 122 cm³/mol. The molecule has 0 bridgehead atoms. The average Bonchev–Trinajstić information content (AvgIpc) is 2.80. The molecule has 0 fully saturated rings. The van der Waals surface area contributed by atoms with Crippen molar-refractivity contribution in [2.45, 2.75) is 32.7 Å². The van der Waals surface area contributed by atoms with Gasteiger partial charge in [0.1, 0.15) is 0 Å². The fourth-order valence-electron chi connectivity index (χ4n) is 3.27. The lowest BCUT2D eigenvalue weighted by molar-refractivity contribution is 0.0912. The van der Waals surface area contributed by atoms with E-state index in [1.54, 1.807) is 30.5 Å². The Labute approximate surface area is 182 Å². The second-order valence-electron chi connectivity index (χ2n) is 7.45. The summed E-state index contributed by atoms with van der Waals surface area (Å²) in [5, 5.41) is 15.1. The Balaban J connectivity index is 1.77. The lowest BCUT2D eigenvalue weighted by Crippen LogP contribution is -2.37. The van der Waals surface area contributed by atoms with Crippen LogP contribution in [0, 0.1) is 6.92 Å². The number of amides is 2. The first-order valence-corrected chi connectivity index (χ1v) is 10.4.